The van der Waals surface area contributed by atoms with Gasteiger partial charge >= 0.3 is 0 Å². The Bertz CT molecular complexity index is 1900. The molecule has 12 heteroatoms. The Morgan fingerprint density at radius 3 is 2.53 bits per heavy atom. The van der Waals surface area contributed by atoms with Gasteiger partial charge in [-0.1, -0.05) is 14.0 Å². The topological polar surface area (TPSA) is 111 Å². The number of aromatic nitrogens is 5. The summed E-state index contributed by atoms with van der Waals surface area (Å²) < 4.78 is 14.0. The average molecular weight is 716 g/mol. The van der Waals surface area contributed by atoms with Gasteiger partial charge in [-0.05, 0) is 85.1 Å². The van der Waals surface area contributed by atoms with E-state index in [1.54, 1.807) is 13.3 Å². The molecular formula is C35H40BrN8O2P. The third kappa shape index (κ3) is 7.08. The molecule has 5 aromatic rings. The van der Waals surface area contributed by atoms with Crippen molar-refractivity contribution in [1.82, 2.24) is 24.7 Å². The van der Waals surface area contributed by atoms with Crippen LogP contribution in [0.25, 0.3) is 22.0 Å². The van der Waals surface area contributed by atoms with Crippen LogP contribution in [0.5, 0.6) is 5.75 Å². The monoisotopic (exact) mass is 714 g/mol. The molecule has 1 saturated heterocycles. The zero-order valence-electron chi connectivity index (χ0n) is 27.2. The van der Waals surface area contributed by atoms with Crippen LogP contribution in [0.3, 0.4) is 0 Å². The molecule has 1 aliphatic heterocycles. The second-order valence-electron chi connectivity index (χ2n) is 12.5. The van der Waals surface area contributed by atoms with E-state index < -0.39 is 7.92 Å². The molecule has 0 bridgehead atoms. The Morgan fingerprint density at radius 2 is 1.81 bits per heavy atom. The van der Waals surface area contributed by atoms with Crippen LogP contribution in [0, 0.1) is 5.92 Å². The first kappa shape index (κ1) is 31.8. The molecule has 7 rings (SSSR count). The van der Waals surface area contributed by atoms with E-state index in [-0.39, 0.29) is 0 Å². The van der Waals surface area contributed by atoms with Gasteiger partial charge in [0.1, 0.15) is 11.6 Å². The molecule has 3 aromatic heterocycles. The van der Waals surface area contributed by atoms with E-state index in [4.69, 9.17) is 19.4 Å². The molecule has 47 heavy (non-hydrogen) atoms. The van der Waals surface area contributed by atoms with Gasteiger partial charge in [-0.25, -0.2) is 4.98 Å². The summed E-state index contributed by atoms with van der Waals surface area (Å²) in [5.74, 6) is 2.99. The lowest BCUT2D eigenvalue weighted by Crippen LogP contribution is -2.22. The van der Waals surface area contributed by atoms with Crippen molar-refractivity contribution in [3.8, 4) is 16.9 Å². The van der Waals surface area contributed by atoms with Crippen molar-refractivity contribution in [3.63, 3.8) is 0 Å². The number of halogens is 1. The largest absolute Gasteiger partial charge is 0.494 e. The van der Waals surface area contributed by atoms with E-state index in [0.29, 0.717) is 29.4 Å². The van der Waals surface area contributed by atoms with Crippen LogP contribution in [0.15, 0.2) is 59.5 Å². The van der Waals surface area contributed by atoms with Crippen LogP contribution in [0.4, 0.5) is 28.8 Å². The van der Waals surface area contributed by atoms with E-state index in [9.17, 15) is 0 Å². The minimum absolute atomic E-state index is 0.433. The molecule has 1 saturated carbocycles. The first-order chi connectivity index (χ1) is 22.9. The Morgan fingerprint density at radius 1 is 0.979 bits per heavy atom. The Labute approximate surface area is 285 Å². The van der Waals surface area contributed by atoms with Gasteiger partial charge in [-0.15, -0.1) is 0 Å². The summed E-state index contributed by atoms with van der Waals surface area (Å²) in [5, 5.41) is 17.6. The Hall–Kier alpha value is -3.79. The van der Waals surface area contributed by atoms with Gasteiger partial charge in [-0.3, -0.25) is 9.67 Å². The molecule has 4 heterocycles. The van der Waals surface area contributed by atoms with E-state index in [2.05, 4.69) is 85.6 Å². The molecule has 0 amide bonds. The number of nitrogens with zero attached hydrogens (tertiary/aromatic N) is 5. The maximum Gasteiger partial charge on any atom is 0.229 e. The molecule has 0 atom stereocenters. The number of rotatable bonds is 11. The summed E-state index contributed by atoms with van der Waals surface area (Å²) in [6.07, 6.45) is 10.3. The fourth-order valence-corrected chi connectivity index (χ4v) is 7.73. The number of nitrogens with one attached hydrogen (secondary N) is 3. The van der Waals surface area contributed by atoms with Gasteiger partial charge in [0.05, 0.1) is 29.0 Å². The van der Waals surface area contributed by atoms with Gasteiger partial charge < -0.3 is 25.4 Å². The predicted octanol–water partition coefficient (Wildman–Crippen LogP) is 7.77. The molecule has 1 aliphatic carbocycles. The van der Waals surface area contributed by atoms with Gasteiger partial charge in [0.15, 0.2) is 0 Å². The lowest BCUT2D eigenvalue weighted by atomic mass is 9.99. The standard InChI is InChI=1S/C35H40BrN8O2P/c1-44-20-23(18-39-44)25-15-31(32(45-2)16-30(25)37-17-21-11-13-46-14-12-21)42-35-38-19-26(36)34(43-35)41-29-10-9-28-24(33(29)47(3)4)7-8-27(40-28)22-5-6-22/h7-10,15-16,18-22,37H,5-6,11-14,17H2,1-4H3,(H2,38,41,42,43). The highest BCUT2D eigenvalue weighted by molar-refractivity contribution is 9.10. The van der Waals surface area contributed by atoms with Crippen LogP contribution in [0.2, 0.25) is 0 Å². The first-order valence-corrected chi connectivity index (χ1v) is 19.1. The molecule has 244 valence electrons. The second kappa shape index (κ2) is 13.7. The van der Waals surface area contributed by atoms with Crippen molar-refractivity contribution in [2.45, 2.75) is 31.6 Å². The van der Waals surface area contributed by atoms with Crippen molar-refractivity contribution in [3.05, 3.63) is 65.2 Å². The number of ether oxygens (including phenoxy) is 2. The van der Waals surface area contributed by atoms with Crippen LogP contribution in [-0.4, -0.2) is 64.9 Å². The molecule has 0 unspecified atom stereocenters. The number of pyridine rings is 1. The zero-order valence-corrected chi connectivity index (χ0v) is 29.7. The van der Waals surface area contributed by atoms with Crippen LogP contribution < -0.4 is 26.0 Å². The summed E-state index contributed by atoms with van der Waals surface area (Å²) in [5.41, 5.74) is 7.05. The van der Waals surface area contributed by atoms with E-state index >= 15 is 0 Å². The number of fused-ring (bicyclic) bond motifs is 1. The Kier molecular flexibility index (Phi) is 9.30. The van der Waals surface area contributed by atoms with Crippen molar-refractivity contribution >= 4 is 68.9 Å². The average Bonchev–Trinajstić information content (AvgIpc) is 3.85. The lowest BCUT2D eigenvalue weighted by molar-refractivity contribution is 0.0699. The summed E-state index contributed by atoms with van der Waals surface area (Å²) in [4.78, 5) is 14.5. The molecule has 10 nitrogen and oxygen atoms in total. The summed E-state index contributed by atoms with van der Waals surface area (Å²) in [6, 6.07) is 12.8. The third-order valence-electron chi connectivity index (χ3n) is 8.83. The van der Waals surface area contributed by atoms with Gasteiger partial charge in [0.2, 0.25) is 5.95 Å². The number of hydrogen-bond donors (Lipinski definition) is 3. The van der Waals surface area contributed by atoms with Gasteiger partial charge in [0, 0.05) is 90.1 Å². The van der Waals surface area contributed by atoms with Crippen molar-refractivity contribution < 1.29 is 9.47 Å². The molecular weight excluding hydrogens is 675 g/mol. The quantitative estimate of drug-likeness (QED) is 0.118. The van der Waals surface area contributed by atoms with E-state index in [1.165, 1.54) is 29.2 Å². The van der Waals surface area contributed by atoms with Crippen LogP contribution in [-0.2, 0) is 11.8 Å². The maximum absolute atomic E-state index is 5.88. The number of hydrogen-bond acceptors (Lipinski definition) is 9. The number of methoxy groups -OCH3 is 1. The van der Waals surface area contributed by atoms with Gasteiger partial charge in [-0.2, -0.15) is 10.1 Å². The highest BCUT2D eigenvalue weighted by Gasteiger charge is 2.26. The highest BCUT2D eigenvalue weighted by Crippen LogP contribution is 2.42. The molecule has 0 radical (unpaired) electrons. The van der Waals surface area contributed by atoms with Crippen LogP contribution >= 0.6 is 23.9 Å². The SMILES string of the molecule is COc1cc(NCC2CCOCC2)c(-c2cnn(C)c2)cc1Nc1ncc(Br)c(Nc2ccc3nc(C4CC4)ccc3c2P(C)C)n1. The van der Waals surface area contributed by atoms with Crippen molar-refractivity contribution in [2.75, 3.05) is 56.1 Å². The number of benzene rings is 2. The first-order valence-electron chi connectivity index (χ1n) is 16.1. The van der Waals surface area contributed by atoms with Crippen molar-refractivity contribution in [1.29, 1.82) is 0 Å². The normalized spacial score (nSPS) is 15.3. The lowest BCUT2D eigenvalue weighted by Gasteiger charge is -2.24. The fourth-order valence-electron chi connectivity index (χ4n) is 6.15. The minimum Gasteiger partial charge on any atom is -0.494 e. The molecule has 2 fully saturated rings. The molecule has 3 N–H and O–H groups in total. The highest BCUT2D eigenvalue weighted by atomic mass is 79.9. The predicted molar refractivity (Wildman–Crippen MR) is 196 cm³/mol. The molecule has 2 aliphatic rings. The molecule has 2 aromatic carbocycles. The van der Waals surface area contributed by atoms with Gasteiger partial charge in [0.25, 0.3) is 0 Å². The summed E-state index contributed by atoms with van der Waals surface area (Å²) in [7, 11) is 3.17. The van der Waals surface area contributed by atoms with Crippen LogP contribution in [0.1, 0.15) is 37.3 Å². The maximum atomic E-state index is 5.88. The second-order valence-corrected chi connectivity index (χ2v) is 15.6. The fraction of sp³-hybridized carbons (Fsp3) is 0.371. The third-order valence-corrected chi connectivity index (χ3v) is 10.8. The zero-order chi connectivity index (χ0) is 32.5. The number of aryl methyl sites for hydroxylation is 1. The smallest absolute Gasteiger partial charge is 0.229 e. The Balaban J connectivity index is 1.19. The number of anilines is 5. The van der Waals surface area contributed by atoms with E-state index in [0.717, 1.165) is 70.8 Å². The van der Waals surface area contributed by atoms with Crippen molar-refractivity contribution in [2.24, 2.45) is 13.0 Å². The van der Waals surface area contributed by atoms with E-state index in [1.807, 2.05) is 30.2 Å². The minimum atomic E-state index is -0.433. The summed E-state index contributed by atoms with van der Waals surface area (Å²) >= 11 is 3.68. The molecule has 0 spiro atoms. The summed E-state index contributed by atoms with van der Waals surface area (Å²) in [6.45, 7) is 7.05.